The molecule has 0 heterocycles. The fourth-order valence-corrected chi connectivity index (χ4v) is 2.58. The van der Waals surface area contributed by atoms with Crippen molar-refractivity contribution in [3.8, 4) is 0 Å². The van der Waals surface area contributed by atoms with Crippen molar-refractivity contribution in [3.05, 3.63) is 24.3 Å². The van der Waals surface area contributed by atoms with Gasteiger partial charge in [0.2, 0.25) is 0 Å². The Morgan fingerprint density at radius 3 is 2.08 bits per heavy atom. The summed E-state index contributed by atoms with van der Waals surface area (Å²) in [4.78, 5) is 11.4. The lowest BCUT2D eigenvalue weighted by Gasteiger charge is -2.08. The fraction of sp³-hybridized carbons (Fsp3) is 0.773. The summed E-state index contributed by atoms with van der Waals surface area (Å²) >= 11 is 0. The molecule has 0 spiro atoms. The summed E-state index contributed by atoms with van der Waals surface area (Å²) in [6.45, 7) is 1.71. The van der Waals surface area contributed by atoms with E-state index in [4.69, 9.17) is 14.9 Å². The zero-order valence-corrected chi connectivity index (χ0v) is 16.7. The van der Waals surface area contributed by atoms with Crippen LogP contribution in [0.15, 0.2) is 24.3 Å². The molecule has 0 aliphatic carbocycles. The first-order chi connectivity index (χ1) is 12.7. The molecule has 1 unspecified atom stereocenters. The largest absolute Gasteiger partial charge is 0.463 e. The molecule has 0 aromatic carbocycles. The molecule has 0 aromatic heterocycles. The summed E-state index contributed by atoms with van der Waals surface area (Å²) < 4.78 is 4.86. The SMILES string of the molecule is CCCC=CCC=CCCCCCCCCCCC(=O)OCC(O)CO. The number of aliphatic hydroxyl groups excluding tert-OH is 2. The topological polar surface area (TPSA) is 66.8 Å². The summed E-state index contributed by atoms with van der Waals surface area (Å²) in [7, 11) is 0. The molecule has 0 radical (unpaired) electrons. The van der Waals surface area contributed by atoms with Crippen LogP contribution < -0.4 is 0 Å². The predicted molar refractivity (Wildman–Crippen MR) is 108 cm³/mol. The first kappa shape index (κ1) is 24.9. The van der Waals surface area contributed by atoms with Crippen LogP contribution >= 0.6 is 0 Å². The van der Waals surface area contributed by atoms with Gasteiger partial charge in [0.05, 0.1) is 6.61 Å². The van der Waals surface area contributed by atoms with Crippen molar-refractivity contribution in [2.75, 3.05) is 13.2 Å². The van der Waals surface area contributed by atoms with Crippen molar-refractivity contribution in [2.24, 2.45) is 0 Å². The van der Waals surface area contributed by atoms with Crippen molar-refractivity contribution in [2.45, 2.75) is 96.5 Å². The minimum absolute atomic E-state index is 0.111. The van der Waals surface area contributed by atoms with E-state index in [1.165, 1.54) is 51.4 Å². The van der Waals surface area contributed by atoms with Crippen molar-refractivity contribution >= 4 is 5.97 Å². The average Bonchev–Trinajstić information content (AvgIpc) is 2.65. The van der Waals surface area contributed by atoms with Crippen LogP contribution in [0.25, 0.3) is 0 Å². The number of carbonyl (C=O) groups is 1. The molecule has 0 bridgehead atoms. The Kier molecular flexibility index (Phi) is 19.3. The number of unbranched alkanes of at least 4 members (excludes halogenated alkanes) is 9. The van der Waals surface area contributed by atoms with Gasteiger partial charge in [-0.25, -0.2) is 0 Å². The van der Waals surface area contributed by atoms with Crippen LogP contribution in [0, 0.1) is 0 Å². The van der Waals surface area contributed by atoms with Gasteiger partial charge in [0.25, 0.3) is 0 Å². The molecule has 0 aliphatic rings. The molecule has 0 aromatic rings. The van der Waals surface area contributed by atoms with Gasteiger partial charge < -0.3 is 14.9 Å². The molecule has 1 atom stereocenters. The third-order valence-corrected chi connectivity index (χ3v) is 4.21. The van der Waals surface area contributed by atoms with Gasteiger partial charge in [-0.1, -0.05) is 76.2 Å². The number of aliphatic hydroxyl groups is 2. The van der Waals surface area contributed by atoms with Gasteiger partial charge in [-0.05, 0) is 32.1 Å². The van der Waals surface area contributed by atoms with E-state index in [-0.39, 0.29) is 19.2 Å². The summed E-state index contributed by atoms with van der Waals surface area (Å²) in [5, 5.41) is 17.7. The van der Waals surface area contributed by atoms with Gasteiger partial charge in [0.15, 0.2) is 0 Å². The van der Waals surface area contributed by atoms with Gasteiger partial charge in [0.1, 0.15) is 12.7 Å². The first-order valence-electron chi connectivity index (χ1n) is 10.4. The number of ether oxygens (including phenoxy) is 1. The molecule has 0 saturated heterocycles. The molecule has 0 amide bonds. The number of hydrogen-bond acceptors (Lipinski definition) is 4. The van der Waals surface area contributed by atoms with Crippen LogP contribution in [-0.4, -0.2) is 35.5 Å². The molecule has 0 saturated carbocycles. The highest BCUT2D eigenvalue weighted by molar-refractivity contribution is 5.69. The van der Waals surface area contributed by atoms with Gasteiger partial charge in [-0.15, -0.1) is 0 Å². The van der Waals surface area contributed by atoms with Crippen LogP contribution in [0.2, 0.25) is 0 Å². The smallest absolute Gasteiger partial charge is 0.305 e. The Hall–Kier alpha value is -1.13. The molecule has 4 nitrogen and oxygen atoms in total. The van der Waals surface area contributed by atoms with Gasteiger partial charge in [-0.3, -0.25) is 4.79 Å². The Morgan fingerprint density at radius 1 is 0.885 bits per heavy atom. The van der Waals surface area contributed by atoms with Crippen LogP contribution in [0.5, 0.6) is 0 Å². The van der Waals surface area contributed by atoms with Crippen LogP contribution in [0.1, 0.15) is 90.4 Å². The Morgan fingerprint density at radius 2 is 1.46 bits per heavy atom. The second kappa shape index (κ2) is 20.2. The van der Waals surface area contributed by atoms with E-state index in [1.54, 1.807) is 0 Å². The Labute approximate surface area is 160 Å². The molecular formula is C22H40O4. The van der Waals surface area contributed by atoms with E-state index in [0.29, 0.717) is 6.42 Å². The van der Waals surface area contributed by atoms with Crippen molar-refractivity contribution < 1.29 is 19.7 Å². The maximum atomic E-state index is 11.4. The highest BCUT2D eigenvalue weighted by Crippen LogP contribution is 2.11. The van der Waals surface area contributed by atoms with Gasteiger partial charge in [0, 0.05) is 6.42 Å². The zero-order chi connectivity index (χ0) is 19.3. The van der Waals surface area contributed by atoms with E-state index in [1.807, 2.05) is 0 Å². The number of esters is 1. The standard InChI is InChI=1S/C22H40O4/c1-2-3-4-5-6-7-8-9-10-11-12-13-14-15-16-17-18-22(25)26-20-21(24)19-23/h4-5,7-8,21,23-24H,2-3,6,9-20H2,1H3. The number of allylic oxidation sites excluding steroid dienone is 4. The quantitative estimate of drug-likeness (QED) is 0.201. The summed E-state index contributed by atoms with van der Waals surface area (Å²) in [5.41, 5.74) is 0. The first-order valence-corrected chi connectivity index (χ1v) is 10.4. The fourth-order valence-electron chi connectivity index (χ4n) is 2.58. The normalized spacial score (nSPS) is 12.9. The Bertz CT molecular complexity index is 363. The molecule has 4 heteroatoms. The number of carbonyl (C=O) groups excluding carboxylic acids is 1. The van der Waals surface area contributed by atoms with E-state index >= 15 is 0 Å². The van der Waals surface area contributed by atoms with Crippen molar-refractivity contribution in [1.82, 2.24) is 0 Å². The lowest BCUT2D eigenvalue weighted by atomic mass is 10.1. The average molecular weight is 369 g/mol. The lowest BCUT2D eigenvalue weighted by molar-refractivity contribution is -0.147. The van der Waals surface area contributed by atoms with E-state index in [2.05, 4.69) is 31.2 Å². The highest BCUT2D eigenvalue weighted by Gasteiger charge is 2.07. The maximum absolute atomic E-state index is 11.4. The molecular weight excluding hydrogens is 328 g/mol. The third-order valence-electron chi connectivity index (χ3n) is 4.21. The van der Waals surface area contributed by atoms with Crippen molar-refractivity contribution in [1.29, 1.82) is 0 Å². The molecule has 26 heavy (non-hydrogen) atoms. The van der Waals surface area contributed by atoms with Gasteiger partial charge in [-0.2, -0.15) is 0 Å². The minimum Gasteiger partial charge on any atom is -0.463 e. The minimum atomic E-state index is -0.961. The highest BCUT2D eigenvalue weighted by atomic mass is 16.5. The number of rotatable bonds is 18. The van der Waals surface area contributed by atoms with E-state index in [0.717, 1.165) is 25.7 Å². The second-order valence-corrected chi connectivity index (χ2v) is 6.85. The summed E-state index contributed by atoms with van der Waals surface area (Å²) in [5.74, 6) is -0.286. The molecule has 0 fully saturated rings. The zero-order valence-electron chi connectivity index (χ0n) is 16.7. The summed E-state index contributed by atoms with van der Waals surface area (Å²) in [6, 6.07) is 0. The van der Waals surface area contributed by atoms with E-state index < -0.39 is 6.10 Å². The van der Waals surface area contributed by atoms with Crippen LogP contribution in [-0.2, 0) is 9.53 Å². The van der Waals surface area contributed by atoms with Crippen LogP contribution in [0.3, 0.4) is 0 Å². The number of hydrogen-bond donors (Lipinski definition) is 2. The molecule has 2 N–H and O–H groups in total. The predicted octanol–water partition coefficient (Wildman–Crippen LogP) is 5.09. The molecule has 0 aliphatic heterocycles. The molecule has 152 valence electrons. The van der Waals surface area contributed by atoms with Gasteiger partial charge >= 0.3 is 5.97 Å². The van der Waals surface area contributed by atoms with E-state index in [9.17, 15) is 4.79 Å². The maximum Gasteiger partial charge on any atom is 0.305 e. The summed E-state index contributed by atoms with van der Waals surface area (Å²) in [6.07, 6.45) is 22.6. The Balaban J connectivity index is 3.24. The van der Waals surface area contributed by atoms with Crippen LogP contribution in [0.4, 0.5) is 0 Å². The second-order valence-electron chi connectivity index (χ2n) is 6.85. The molecule has 0 rings (SSSR count). The lowest BCUT2D eigenvalue weighted by Crippen LogP contribution is -2.21. The monoisotopic (exact) mass is 368 g/mol. The third kappa shape index (κ3) is 19.2. The van der Waals surface area contributed by atoms with Crippen molar-refractivity contribution in [3.63, 3.8) is 0 Å².